The summed E-state index contributed by atoms with van der Waals surface area (Å²) in [7, 11) is 1.56. The molecule has 2 rings (SSSR count). The highest BCUT2D eigenvalue weighted by Crippen LogP contribution is 2.35. The molecule has 0 aromatic heterocycles. The molecule has 0 aliphatic carbocycles. The third-order valence-corrected chi connectivity index (χ3v) is 3.81. The minimum atomic E-state index is 0.0398. The zero-order chi connectivity index (χ0) is 12.4. The fourth-order valence-electron chi connectivity index (χ4n) is 1.96. The summed E-state index contributed by atoms with van der Waals surface area (Å²) in [5, 5.41) is 10.6. The second-order valence-corrected chi connectivity index (χ2v) is 4.73. The van der Waals surface area contributed by atoms with Gasteiger partial charge in [-0.2, -0.15) is 0 Å². The van der Waals surface area contributed by atoms with Crippen LogP contribution in [0.15, 0.2) is 18.2 Å². The molecule has 1 heterocycles. The van der Waals surface area contributed by atoms with Crippen LogP contribution in [0.3, 0.4) is 0 Å². The van der Waals surface area contributed by atoms with Gasteiger partial charge in [-0.25, -0.2) is 0 Å². The second kappa shape index (κ2) is 4.96. The molecular formula is C12H14BrNO3. The Hall–Kier alpha value is -1.23. The highest BCUT2D eigenvalue weighted by Gasteiger charge is 2.31. The molecule has 92 valence electrons. The lowest BCUT2D eigenvalue weighted by Crippen LogP contribution is -2.24. The number of carbonyl (C=O) groups is 1. The Balaban J connectivity index is 2.30. The van der Waals surface area contributed by atoms with Gasteiger partial charge in [0, 0.05) is 24.4 Å². The predicted molar refractivity (Wildman–Crippen MR) is 68.9 cm³/mol. The summed E-state index contributed by atoms with van der Waals surface area (Å²) in [6, 6.07) is 4.90. The molecular weight excluding hydrogens is 286 g/mol. The van der Waals surface area contributed by atoms with Gasteiger partial charge >= 0.3 is 0 Å². The van der Waals surface area contributed by atoms with Gasteiger partial charge in [-0.1, -0.05) is 15.9 Å². The molecule has 1 aromatic rings. The number of hydrogen-bond donors (Lipinski definition) is 1. The standard InChI is InChI=1S/C12H14BrNO3/c1-17-9-2-3-11(15)10(5-9)14-7-8(6-13)4-12(14)16/h2-3,5,8,15H,4,6-7H2,1H3. The van der Waals surface area contributed by atoms with Gasteiger partial charge in [-0.15, -0.1) is 0 Å². The van der Waals surface area contributed by atoms with Crippen LogP contribution >= 0.6 is 15.9 Å². The molecule has 0 radical (unpaired) electrons. The lowest BCUT2D eigenvalue weighted by molar-refractivity contribution is -0.117. The number of rotatable bonds is 3. The van der Waals surface area contributed by atoms with E-state index in [2.05, 4.69) is 15.9 Å². The molecule has 1 amide bonds. The molecule has 1 aliphatic heterocycles. The number of carbonyl (C=O) groups excluding carboxylic acids is 1. The van der Waals surface area contributed by atoms with E-state index in [0.29, 0.717) is 30.3 Å². The van der Waals surface area contributed by atoms with Gasteiger partial charge in [0.15, 0.2) is 0 Å². The minimum absolute atomic E-state index is 0.0398. The number of nitrogens with zero attached hydrogens (tertiary/aromatic N) is 1. The van der Waals surface area contributed by atoms with Crippen molar-refractivity contribution < 1.29 is 14.6 Å². The van der Waals surface area contributed by atoms with E-state index in [9.17, 15) is 9.90 Å². The summed E-state index contributed by atoms with van der Waals surface area (Å²) in [5.41, 5.74) is 0.526. The molecule has 1 unspecified atom stereocenters. The van der Waals surface area contributed by atoms with Crippen LogP contribution in [0.25, 0.3) is 0 Å². The molecule has 0 saturated carbocycles. The number of halogens is 1. The summed E-state index contributed by atoms with van der Waals surface area (Å²) in [6.07, 6.45) is 0.516. The van der Waals surface area contributed by atoms with Gasteiger partial charge in [0.05, 0.1) is 12.8 Å². The van der Waals surface area contributed by atoms with Crippen molar-refractivity contribution >= 4 is 27.5 Å². The number of ether oxygens (including phenoxy) is 1. The van der Waals surface area contributed by atoms with E-state index in [0.717, 1.165) is 5.33 Å². The van der Waals surface area contributed by atoms with Crippen molar-refractivity contribution in [3.8, 4) is 11.5 Å². The predicted octanol–water partition coefficient (Wildman–Crippen LogP) is 2.15. The van der Waals surface area contributed by atoms with Crippen LogP contribution in [0.1, 0.15) is 6.42 Å². The van der Waals surface area contributed by atoms with Crippen molar-refractivity contribution in [1.82, 2.24) is 0 Å². The summed E-state index contributed by atoms with van der Waals surface area (Å²) in [6.45, 7) is 0.630. The smallest absolute Gasteiger partial charge is 0.227 e. The monoisotopic (exact) mass is 299 g/mol. The molecule has 1 atom stereocenters. The topological polar surface area (TPSA) is 49.8 Å². The van der Waals surface area contributed by atoms with Crippen molar-refractivity contribution in [2.45, 2.75) is 6.42 Å². The van der Waals surface area contributed by atoms with Crippen LogP contribution in [0.5, 0.6) is 11.5 Å². The lowest BCUT2D eigenvalue weighted by atomic mass is 10.2. The van der Waals surface area contributed by atoms with Gasteiger partial charge in [0.25, 0.3) is 0 Å². The molecule has 1 N–H and O–H groups in total. The van der Waals surface area contributed by atoms with Crippen LogP contribution in [-0.2, 0) is 4.79 Å². The minimum Gasteiger partial charge on any atom is -0.506 e. The van der Waals surface area contributed by atoms with E-state index < -0.39 is 0 Å². The fourth-order valence-corrected chi connectivity index (χ4v) is 2.40. The maximum absolute atomic E-state index is 11.8. The van der Waals surface area contributed by atoms with Crippen LogP contribution in [0.2, 0.25) is 0 Å². The SMILES string of the molecule is COc1ccc(O)c(N2CC(CBr)CC2=O)c1. The Kier molecular flexibility index (Phi) is 3.57. The highest BCUT2D eigenvalue weighted by atomic mass is 79.9. The maximum Gasteiger partial charge on any atom is 0.227 e. The highest BCUT2D eigenvalue weighted by molar-refractivity contribution is 9.09. The average Bonchev–Trinajstić information content (AvgIpc) is 2.71. The quantitative estimate of drug-likeness (QED) is 0.870. The number of aromatic hydroxyl groups is 1. The molecule has 0 spiro atoms. The third kappa shape index (κ3) is 2.39. The molecule has 17 heavy (non-hydrogen) atoms. The molecule has 1 fully saturated rings. The maximum atomic E-state index is 11.8. The van der Waals surface area contributed by atoms with Gasteiger partial charge in [-0.05, 0) is 18.1 Å². The zero-order valence-corrected chi connectivity index (χ0v) is 11.1. The molecule has 0 bridgehead atoms. The van der Waals surface area contributed by atoms with Crippen LogP contribution in [0.4, 0.5) is 5.69 Å². The molecule has 1 aliphatic rings. The first kappa shape index (κ1) is 12.2. The van der Waals surface area contributed by atoms with Crippen LogP contribution in [-0.4, -0.2) is 30.0 Å². The van der Waals surface area contributed by atoms with E-state index in [1.54, 1.807) is 30.2 Å². The largest absolute Gasteiger partial charge is 0.506 e. The number of amides is 1. The number of anilines is 1. The normalized spacial score (nSPS) is 19.8. The lowest BCUT2D eigenvalue weighted by Gasteiger charge is -2.18. The molecule has 5 heteroatoms. The Labute approximate surface area is 108 Å². The number of phenols is 1. The van der Waals surface area contributed by atoms with Crippen molar-refractivity contribution in [2.24, 2.45) is 5.92 Å². The number of phenolic OH excluding ortho intramolecular Hbond substituents is 1. The Morgan fingerprint density at radius 2 is 2.35 bits per heavy atom. The van der Waals surface area contributed by atoms with Crippen LogP contribution < -0.4 is 9.64 Å². The number of methoxy groups -OCH3 is 1. The number of hydrogen-bond acceptors (Lipinski definition) is 3. The molecule has 1 saturated heterocycles. The Morgan fingerprint density at radius 1 is 1.59 bits per heavy atom. The number of benzene rings is 1. The fraction of sp³-hybridized carbons (Fsp3) is 0.417. The van der Waals surface area contributed by atoms with Gasteiger partial charge < -0.3 is 14.7 Å². The van der Waals surface area contributed by atoms with Crippen molar-refractivity contribution in [3.63, 3.8) is 0 Å². The van der Waals surface area contributed by atoms with E-state index in [-0.39, 0.29) is 11.7 Å². The average molecular weight is 300 g/mol. The zero-order valence-electron chi connectivity index (χ0n) is 9.52. The van der Waals surface area contributed by atoms with Gasteiger partial charge in [0.2, 0.25) is 5.91 Å². The molecule has 1 aromatic carbocycles. The van der Waals surface area contributed by atoms with E-state index in [1.165, 1.54) is 0 Å². The molecule has 4 nitrogen and oxygen atoms in total. The van der Waals surface area contributed by atoms with Gasteiger partial charge in [-0.3, -0.25) is 4.79 Å². The summed E-state index contributed by atoms with van der Waals surface area (Å²) in [5.74, 6) is 1.08. The van der Waals surface area contributed by atoms with E-state index in [1.807, 2.05) is 0 Å². The second-order valence-electron chi connectivity index (χ2n) is 4.08. The Morgan fingerprint density at radius 3 is 2.94 bits per heavy atom. The van der Waals surface area contributed by atoms with Crippen molar-refractivity contribution in [1.29, 1.82) is 0 Å². The van der Waals surface area contributed by atoms with Gasteiger partial charge in [0.1, 0.15) is 11.5 Å². The summed E-state index contributed by atoms with van der Waals surface area (Å²) < 4.78 is 5.10. The van der Waals surface area contributed by atoms with E-state index in [4.69, 9.17) is 4.74 Å². The van der Waals surface area contributed by atoms with Crippen LogP contribution in [0, 0.1) is 5.92 Å². The first-order chi connectivity index (χ1) is 8.15. The Bertz CT molecular complexity index is 436. The van der Waals surface area contributed by atoms with Crippen molar-refractivity contribution in [2.75, 3.05) is 23.9 Å². The number of alkyl halides is 1. The van der Waals surface area contributed by atoms with Crippen molar-refractivity contribution in [3.05, 3.63) is 18.2 Å². The third-order valence-electron chi connectivity index (χ3n) is 2.90. The summed E-state index contributed by atoms with van der Waals surface area (Å²) in [4.78, 5) is 13.5. The van der Waals surface area contributed by atoms with E-state index >= 15 is 0 Å². The first-order valence-corrected chi connectivity index (χ1v) is 6.51. The summed E-state index contributed by atoms with van der Waals surface area (Å²) >= 11 is 3.38. The first-order valence-electron chi connectivity index (χ1n) is 5.39.